The predicted molar refractivity (Wildman–Crippen MR) is 63.4 cm³/mol. The number of ether oxygens (including phenoxy) is 1. The largest absolute Gasteiger partial charge is 0.390 e. The van der Waals surface area contributed by atoms with Gasteiger partial charge in [-0.2, -0.15) is 0 Å². The molecule has 1 atom stereocenters. The second-order valence-electron chi connectivity index (χ2n) is 4.05. The molecule has 0 spiro atoms. The van der Waals surface area contributed by atoms with E-state index in [1.807, 2.05) is 11.6 Å². The molecule has 1 aliphatic rings. The van der Waals surface area contributed by atoms with Crippen molar-refractivity contribution in [1.29, 1.82) is 0 Å². The minimum Gasteiger partial charge on any atom is -0.390 e. The van der Waals surface area contributed by atoms with Crippen molar-refractivity contribution in [2.75, 3.05) is 12.4 Å². The third-order valence-corrected chi connectivity index (χ3v) is 4.05. The van der Waals surface area contributed by atoms with Crippen LogP contribution < -0.4 is 0 Å². The second-order valence-corrected chi connectivity index (χ2v) is 5.04. The van der Waals surface area contributed by atoms with Crippen LogP contribution in [-0.2, 0) is 18.4 Å². The zero-order valence-corrected chi connectivity index (χ0v) is 10.4. The predicted octanol–water partition coefficient (Wildman–Crippen LogP) is 1.57. The summed E-state index contributed by atoms with van der Waals surface area (Å²) in [5.74, 6) is 0.954. The summed E-state index contributed by atoms with van der Waals surface area (Å²) in [6.45, 7) is 0.942. The topological polar surface area (TPSA) is 47.3 Å². The van der Waals surface area contributed by atoms with Gasteiger partial charge in [-0.3, -0.25) is 0 Å². The zero-order valence-electron chi connectivity index (χ0n) is 9.56. The molecule has 1 aromatic heterocycles. The molecule has 1 saturated heterocycles. The van der Waals surface area contributed by atoms with Gasteiger partial charge in [-0.25, -0.2) is 4.98 Å². The monoisotopic (exact) mass is 242 g/mol. The van der Waals surface area contributed by atoms with E-state index in [2.05, 4.69) is 4.98 Å². The van der Waals surface area contributed by atoms with Gasteiger partial charge in [-0.1, -0.05) is 11.8 Å². The molecule has 0 amide bonds. The van der Waals surface area contributed by atoms with Crippen LogP contribution >= 0.6 is 11.8 Å². The highest BCUT2D eigenvalue weighted by Gasteiger charge is 2.15. The van der Waals surface area contributed by atoms with Gasteiger partial charge in [0.1, 0.15) is 0 Å². The molecule has 0 aliphatic carbocycles. The van der Waals surface area contributed by atoms with Gasteiger partial charge in [0.2, 0.25) is 0 Å². The number of hydrogen-bond donors (Lipinski definition) is 1. The van der Waals surface area contributed by atoms with Crippen molar-refractivity contribution in [3.05, 3.63) is 11.9 Å². The molecule has 90 valence electrons. The van der Waals surface area contributed by atoms with E-state index in [1.54, 1.807) is 18.0 Å². The number of rotatable bonds is 4. The van der Waals surface area contributed by atoms with E-state index in [0.717, 1.165) is 29.6 Å². The lowest BCUT2D eigenvalue weighted by molar-refractivity contribution is 0.0315. The fraction of sp³-hybridized carbons (Fsp3) is 0.727. The van der Waals surface area contributed by atoms with Gasteiger partial charge in [0.05, 0.1) is 24.6 Å². The highest BCUT2D eigenvalue weighted by atomic mass is 32.2. The summed E-state index contributed by atoms with van der Waals surface area (Å²) < 4.78 is 7.60. The van der Waals surface area contributed by atoms with Crippen LogP contribution in [0.3, 0.4) is 0 Å². The fourth-order valence-corrected chi connectivity index (χ4v) is 2.85. The molecular formula is C11H18N2O2S. The summed E-state index contributed by atoms with van der Waals surface area (Å²) in [5.41, 5.74) is 0.854. The van der Waals surface area contributed by atoms with Gasteiger partial charge < -0.3 is 14.4 Å². The normalized spacial score (nSPS) is 21.2. The SMILES string of the molecule is Cn1c(CO)cnc1SCC1CCCCO1. The minimum atomic E-state index is 0.0456. The lowest BCUT2D eigenvalue weighted by Gasteiger charge is -2.21. The molecule has 0 saturated carbocycles. The molecule has 1 fully saturated rings. The third kappa shape index (κ3) is 2.78. The van der Waals surface area contributed by atoms with Crippen LogP contribution in [0.4, 0.5) is 0 Å². The smallest absolute Gasteiger partial charge is 0.168 e. The average Bonchev–Trinajstić information content (AvgIpc) is 2.69. The summed E-state index contributed by atoms with van der Waals surface area (Å²) in [6, 6.07) is 0. The molecule has 2 heterocycles. The van der Waals surface area contributed by atoms with Crippen LogP contribution in [0, 0.1) is 0 Å². The molecule has 0 bridgehead atoms. The van der Waals surface area contributed by atoms with Crippen LogP contribution in [-0.4, -0.2) is 33.1 Å². The molecule has 16 heavy (non-hydrogen) atoms. The van der Waals surface area contributed by atoms with E-state index in [4.69, 9.17) is 9.84 Å². The van der Waals surface area contributed by atoms with Crippen molar-refractivity contribution in [3.8, 4) is 0 Å². The number of hydrogen-bond acceptors (Lipinski definition) is 4. The summed E-state index contributed by atoms with van der Waals surface area (Å²) in [7, 11) is 1.93. The molecular weight excluding hydrogens is 224 g/mol. The first-order valence-corrected chi connectivity index (χ1v) is 6.65. The Morgan fingerprint density at radius 1 is 1.62 bits per heavy atom. The number of nitrogens with zero attached hydrogens (tertiary/aromatic N) is 2. The standard InChI is InChI=1S/C11H18N2O2S/c1-13-9(7-14)6-12-11(13)16-8-10-4-2-3-5-15-10/h6,10,14H,2-5,7-8H2,1H3. The summed E-state index contributed by atoms with van der Waals surface area (Å²) in [5, 5.41) is 10.0. The maximum absolute atomic E-state index is 9.05. The lowest BCUT2D eigenvalue weighted by atomic mass is 10.1. The van der Waals surface area contributed by atoms with Gasteiger partial charge in [0, 0.05) is 19.4 Å². The first-order valence-electron chi connectivity index (χ1n) is 5.67. The quantitative estimate of drug-likeness (QED) is 0.814. The Bertz CT molecular complexity index is 335. The molecule has 1 aromatic rings. The van der Waals surface area contributed by atoms with E-state index in [0.29, 0.717) is 6.10 Å². The number of aromatic nitrogens is 2. The van der Waals surface area contributed by atoms with E-state index in [1.165, 1.54) is 12.8 Å². The summed E-state index contributed by atoms with van der Waals surface area (Å²) in [4.78, 5) is 4.28. The molecule has 1 aliphatic heterocycles. The number of aliphatic hydroxyl groups excluding tert-OH is 1. The van der Waals surface area contributed by atoms with Crippen LogP contribution in [0.5, 0.6) is 0 Å². The van der Waals surface area contributed by atoms with Crippen molar-refractivity contribution in [2.45, 2.75) is 37.1 Å². The number of imidazole rings is 1. The van der Waals surface area contributed by atoms with Gasteiger partial charge in [0.15, 0.2) is 5.16 Å². The van der Waals surface area contributed by atoms with Gasteiger partial charge in [0.25, 0.3) is 0 Å². The van der Waals surface area contributed by atoms with E-state index in [9.17, 15) is 0 Å². The van der Waals surface area contributed by atoms with Gasteiger partial charge in [-0.15, -0.1) is 0 Å². The van der Waals surface area contributed by atoms with Crippen LogP contribution in [0.15, 0.2) is 11.4 Å². The van der Waals surface area contributed by atoms with Crippen LogP contribution in [0.2, 0.25) is 0 Å². The first kappa shape index (κ1) is 12.0. The Labute approximate surface area is 100 Å². The zero-order chi connectivity index (χ0) is 11.4. The lowest BCUT2D eigenvalue weighted by Crippen LogP contribution is -2.21. The molecule has 0 aromatic carbocycles. The molecule has 0 radical (unpaired) electrons. The van der Waals surface area contributed by atoms with E-state index >= 15 is 0 Å². The Morgan fingerprint density at radius 3 is 3.12 bits per heavy atom. The Kier molecular flexibility index (Phi) is 4.26. The highest BCUT2D eigenvalue weighted by molar-refractivity contribution is 7.99. The van der Waals surface area contributed by atoms with Crippen LogP contribution in [0.25, 0.3) is 0 Å². The van der Waals surface area contributed by atoms with E-state index < -0.39 is 0 Å². The maximum Gasteiger partial charge on any atom is 0.168 e. The second kappa shape index (κ2) is 5.70. The van der Waals surface area contributed by atoms with E-state index in [-0.39, 0.29) is 6.61 Å². The van der Waals surface area contributed by atoms with Crippen molar-refractivity contribution in [1.82, 2.24) is 9.55 Å². The first-order chi connectivity index (χ1) is 7.81. The summed E-state index contributed by atoms with van der Waals surface area (Å²) in [6.07, 6.45) is 5.72. The third-order valence-electron chi connectivity index (χ3n) is 2.88. The maximum atomic E-state index is 9.05. The van der Waals surface area contributed by atoms with Crippen LogP contribution in [0.1, 0.15) is 25.0 Å². The molecule has 2 rings (SSSR count). The van der Waals surface area contributed by atoms with Crippen molar-refractivity contribution < 1.29 is 9.84 Å². The van der Waals surface area contributed by atoms with Crippen molar-refractivity contribution in [3.63, 3.8) is 0 Å². The minimum absolute atomic E-state index is 0.0456. The van der Waals surface area contributed by atoms with Gasteiger partial charge in [-0.05, 0) is 19.3 Å². The molecule has 1 N–H and O–H groups in total. The number of aliphatic hydroxyl groups is 1. The Morgan fingerprint density at radius 2 is 2.50 bits per heavy atom. The van der Waals surface area contributed by atoms with Crippen molar-refractivity contribution in [2.24, 2.45) is 7.05 Å². The highest BCUT2D eigenvalue weighted by Crippen LogP contribution is 2.22. The molecule has 5 heteroatoms. The Balaban J connectivity index is 1.86. The fourth-order valence-electron chi connectivity index (χ4n) is 1.81. The number of thioether (sulfide) groups is 1. The van der Waals surface area contributed by atoms with Gasteiger partial charge >= 0.3 is 0 Å². The molecule has 4 nitrogen and oxygen atoms in total. The Hall–Kier alpha value is -0.520. The van der Waals surface area contributed by atoms with Crippen molar-refractivity contribution >= 4 is 11.8 Å². The average molecular weight is 242 g/mol. The molecule has 1 unspecified atom stereocenters. The summed E-state index contributed by atoms with van der Waals surface area (Å²) >= 11 is 1.71.